The van der Waals surface area contributed by atoms with Gasteiger partial charge in [-0.3, -0.25) is 9.48 Å². The molecule has 0 atom stereocenters. The zero-order valence-electron chi connectivity index (χ0n) is 17.1. The van der Waals surface area contributed by atoms with Crippen molar-refractivity contribution in [1.29, 1.82) is 0 Å². The molecule has 1 amide bonds. The lowest BCUT2D eigenvalue weighted by molar-refractivity contribution is 0.0949. The largest absolute Gasteiger partial charge is 0.479 e. The Morgan fingerprint density at radius 3 is 2.83 bits per heavy atom. The van der Waals surface area contributed by atoms with Crippen molar-refractivity contribution in [3.05, 3.63) is 18.0 Å². The van der Waals surface area contributed by atoms with Crippen LogP contribution in [0.1, 0.15) is 30.6 Å². The Balaban J connectivity index is 1.74. The van der Waals surface area contributed by atoms with Gasteiger partial charge in [0.15, 0.2) is 10.8 Å². The number of rotatable bonds is 10. The number of hydrogen-bond donors (Lipinski definition) is 2. The first kappa shape index (κ1) is 20.9. The Kier molecular flexibility index (Phi) is 6.91. The van der Waals surface area contributed by atoms with Crippen LogP contribution in [0, 0.1) is 0 Å². The molecule has 29 heavy (non-hydrogen) atoms. The van der Waals surface area contributed by atoms with Gasteiger partial charge in [0.2, 0.25) is 5.88 Å². The first-order chi connectivity index (χ1) is 14.1. The van der Waals surface area contributed by atoms with E-state index >= 15 is 0 Å². The molecule has 10 nitrogen and oxygen atoms in total. The van der Waals surface area contributed by atoms with Crippen LogP contribution < -0.4 is 15.4 Å². The van der Waals surface area contributed by atoms with Gasteiger partial charge in [-0.15, -0.1) is 5.10 Å². The lowest BCUT2D eigenvalue weighted by Crippen LogP contribution is -2.27. The highest BCUT2D eigenvalue weighted by atomic mass is 32.2. The quantitative estimate of drug-likeness (QED) is 0.379. The van der Waals surface area contributed by atoms with Crippen molar-refractivity contribution in [2.45, 2.75) is 32.0 Å². The highest BCUT2D eigenvalue weighted by molar-refractivity contribution is 7.99. The summed E-state index contributed by atoms with van der Waals surface area (Å²) in [7, 11) is 3.23. The van der Waals surface area contributed by atoms with Crippen LogP contribution in [0.15, 0.2) is 17.6 Å². The SMILES string of the molecule is CCCNc1nc(SCC)nc2c1cnn2CCNC(=O)c1cn(C)nc1OC. The van der Waals surface area contributed by atoms with E-state index in [-0.39, 0.29) is 5.91 Å². The predicted molar refractivity (Wildman–Crippen MR) is 113 cm³/mol. The van der Waals surface area contributed by atoms with Crippen molar-refractivity contribution < 1.29 is 9.53 Å². The van der Waals surface area contributed by atoms with Gasteiger partial charge in [-0.2, -0.15) is 5.10 Å². The standard InChI is InChI=1S/C18H26N8O2S/c1-5-7-19-14-12-10-21-26(15(12)23-18(22-14)29-6-2)9-8-20-16(27)13-11-25(3)24-17(13)28-4/h10-11H,5-9H2,1-4H3,(H,20,27)(H,19,22,23). The fourth-order valence-electron chi connectivity index (χ4n) is 2.82. The fraction of sp³-hybridized carbons (Fsp3) is 0.500. The number of anilines is 1. The zero-order chi connectivity index (χ0) is 20.8. The number of ether oxygens (including phenoxy) is 1. The lowest BCUT2D eigenvalue weighted by Gasteiger charge is -2.09. The Labute approximate surface area is 173 Å². The van der Waals surface area contributed by atoms with Gasteiger partial charge >= 0.3 is 0 Å². The number of carbonyl (C=O) groups excluding carboxylic acids is 1. The minimum absolute atomic E-state index is 0.242. The smallest absolute Gasteiger partial charge is 0.258 e. The third-order valence-corrected chi connectivity index (χ3v) is 4.86. The van der Waals surface area contributed by atoms with E-state index in [0.29, 0.717) is 29.7 Å². The molecular weight excluding hydrogens is 392 g/mol. The Hall–Kier alpha value is -2.82. The van der Waals surface area contributed by atoms with Crippen LogP contribution in [-0.4, -0.2) is 61.4 Å². The lowest BCUT2D eigenvalue weighted by atomic mass is 10.3. The van der Waals surface area contributed by atoms with Crippen LogP contribution >= 0.6 is 11.8 Å². The molecule has 0 aliphatic rings. The van der Waals surface area contributed by atoms with Crippen LogP contribution in [0.25, 0.3) is 11.0 Å². The molecule has 0 fully saturated rings. The molecule has 0 radical (unpaired) electrons. The zero-order valence-corrected chi connectivity index (χ0v) is 17.9. The molecule has 3 aromatic heterocycles. The van der Waals surface area contributed by atoms with E-state index in [0.717, 1.165) is 35.6 Å². The summed E-state index contributed by atoms with van der Waals surface area (Å²) in [5.74, 6) is 1.74. The molecule has 0 bridgehead atoms. The number of carbonyl (C=O) groups is 1. The van der Waals surface area contributed by atoms with E-state index in [9.17, 15) is 4.79 Å². The molecule has 3 aromatic rings. The molecule has 0 unspecified atom stereocenters. The number of aryl methyl sites for hydroxylation is 1. The van der Waals surface area contributed by atoms with Gasteiger partial charge in [0, 0.05) is 26.3 Å². The maximum Gasteiger partial charge on any atom is 0.258 e. The number of amides is 1. The highest BCUT2D eigenvalue weighted by Gasteiger charge is 2.17. The molecule has 0 aliphatic carbocycles. The normalized spacial score (nSPS) is 11.0. The van der Waals surface area contributed by atoms with Crippen molar-refractivity contribution >= 4 is 34.5 Å². The molecule has 2 N–H and O–H groups in total. The number of fused-ring (bicyclic) bond motifs is 1. The second kappa shape index (κ2) is 9.59. The maximum atomic E-state index is 12.4. The maximum absolute atomic E-state index is 12.4. The van der Waals surface area contributed by atoms with E-state index in [2.05, 4.69) is 44.6 Å². The Bertz CT molecular complexity index is 984. The first-order valence-electron chi connectivity index (χ1n) is 9.53. The predicted octanol–water partition coefficient (Wildman–Crippen LogP) is 1.93. The first-order valence-corrected chi connectivity index (χ1v) is 10.5. The van der Waals surface area contributed by atoms with Crippen LogP contribution in [0.2, 0.25) is 0 Å². The number of nitrogens with zero attached hydrogens (tertiary/aromatic N) is 6. The summed E-state index contributed by atoms with van der Waals surface area (Å²) in [6, 6.07) is 0. The summed E-state index contributed by atoms with van der Waals surface area (Å²) in [6.07, 6.45) is 4.39. The second-order valence-electron chi connectivity index (χ2n) is 6.30. The summed E-state index contributed by atoms with van der Waals surface area (Å²) in [5, 5.41) is 16.4. The van der Waals surface area contributed by atoms with Crippen molar-refractivity contribution in [1.82, 2.24) is 34.8 Å². The topological polar surface area (TPSA) is 112 Å². The monoisotopic (exact) mass is 418 g/mol. The highest BCUT2D eigenvalue weighted by Crippen LogP contribution is 2.24. The molecule has 0 spiro atoms. The van der Waals surface area contributed by atoms with Crippen LogP contribution in [0.5, 0.6) is 5.88 Å². The van der Waals surface area contributed by atoms with E-state index in [1.54, 1.807) is 40.6 Å². The van der Waals surface area contributed by atoms with Gasteiger partial charge in [-0.05, 0) is 12.2 Å². The van der Waals surface area contributed by atoms with E-state index in [1.807, 2.05) is 0 Å². The van der Waals surface area contributed by atoms with Crippen molar-refractivity contribution in [3.63, 3.8) is 0 Å². The van der Waals surface area contributed by atoms with Gasteiger partial charge in [0.25, 0.3) is 5.91 Å². The average molecular weight is 419 g/mol. The minimum atomic E-state index is -0.242. The van der Waals surface area contributed by atoms with Crippen molar-refractivity contribution in [2.75, 3.05) is 31.3 Å². The van der Waals surface area contributed by atoms with Gasteiger partial charge < -0.3 is 15.4 Å². The van der Waals surface area contributed by atoms with Crippen LogP contribution in [0.4, 0.5) is 5.82 Å². The number of nitrogens with one attached hydrogen (secondary N) is 2. The molecule has 0 saturated carbocycles. The fourth-order valence-corrected chi connectivity index (χ4v) is 3.38. The van der Waals surface area contributed by atoms with Crippen molar-refractivity contribution in [2.24, 2.45) is 7.05 Å². The number of hydrogen-bond acceptors (Lipinski definition) is 8. The molecule has 0 aromatic carbocycles. The summed E-state index contributed by atoms with van der Waals surface area (Å²) in [5.41, 5.74) is 1.15. The summed E-state index contributed by atoms with van der Waals surface area (Å²) >= 11 is 1.59. The second-order valence-corrected chi connectivity index (χ2v) is 7.53. The van der Waals surface area contributed by atoms with E-state index < -0.39 is 0 Å². The summed E-state index contributed by atoms with van der Waals surface area (Å²) in [4.78, 5) is 21.7. The summed E-state index contributed by atoms with van der Waals surface area (Å²) in [6.45, 7) is 5.88. The number of methoxy groups -OCH3 is 1. The average Bonchev–Trinajstić information content (AvgIpc) is 3.29. The number of thioether (sulfide) groups is 1. The van der Waals surface area contributed by atoms with Crippen LogP contribution in [-0.2, 0) is 13.6 Å². The Morgan fingerprint density at radius 1 is 1.28 bits per heavy atom. The minimum Gasteiger partial charge on any atom is -0.479 e. The van der Waals surface area contributed by atoms with Gasteiger partial charge in [-0.1, -0.05) is 25.6 Å². The van der Waals surface area contributed by atoms with Gasteiger partial charge in [-0.25, -0.2) is 14.6 Å². The molecule has 0 aliphatic heterocycles. The third kappa shape index (κ3) is 4.78. The number of aromatic nitrogens is 6. The van der Waals surface area contributed by atoms with Crippen molar-refractivity contribution in [3.8, 4) is 5.88 Å². The van der Waals surface area contributed by atoms with Gasteiger partial charge in [0.05, 0.1) is 25.2 Å². The van der Waals surface area contributed by atoms with Crippen LogP contribution in [0.3, 0.4) is 0 Å². The molecule has 11 heteroatoms. The summed E-state index contributed by atoms with van der Waals surface area (Å²) < 4.78 is 8.47. The van der Waals surface area contributed by atoms with E-state index in [1.165, 1.54) is 7.11 Å². The third-order valence-electron chi connectivity index (χ3n) is 4.13. The Morgan fingerprint density at radius 2 is 2.10 bits per heavy atom. The molecule has 3 rings (SSSR count). The molecule has 156 valence electrons. The van der Waals surface area contributed by atoms with E-state index in [4.69, 9.17) is 4.74 Å². The molecule has 3 heterocycles. The molecule has 0 saturated heterocycles. The van der Waals surface area contributed by atoms with Gasteiger partial charge in [0.1, 0.15) is 11.4 Å². The molecular formula is C18H26N8O2S.